The summed E-state index contributed by atoms with van der Waals surface area (Å²) in [4.78, 5) is 26.0. The molecule has 2 heterocycles. The molecule has 0 aliphatic rings. The lowest BCUT2D eigenvalue weighted by atomic mass is 10.4. The normalized spacial score (nSPS) is 10.2. The summed E-state index contributed by atoms with van der Waals surface area (Å²) in [5.41, 5.74) is 1.26. The summed E-state index contributed by atoms with van der Waals surface area (Å²) in [6.07, 6.45) is 3.86. The minimum atomic E-state index is -0.478. The lowest BCUT2D eigenvalue weighted by Crippen LogP contribution is -2.04. The van der Waals surface area contributed by atoms with Crippen molar-refractivity contribution >= 4 is 23.7 Å². The Bertz CT molecular complexity index is 562. The quantitative estimate of drug-likeness (QED) is 0.633. The van der Waals surface area contributed by atoms with Gasteiger partial charge in [-0.3, -0.25) is 4.79 Å². The lowest BCUT2D eigenvalue weighted by molar-refractivity contribution is -0.105. The number of aromatic nitrogens is 2. The summed E-state index contributed by atoms with van der Waals surface area (Å²) in [5.74, 6) is -0.478. The molecule has 0 radical (unpaired) electrons. The molecule has 0 bridgehead atoms. The number of esters is 1. The van der Waals surface area contributed by atoms with Crippen molar-refractivity contribution in [3.8, 4) is 0 Å². The highest BCUT2D eigenvalue weighted by Gasteiger charge is 2.13. The summed E-state index contributed by atoms with van der Waals surface area (Å²) in [5, 5.41) is 2.52. The van der Waals surface area contributed by atoms with Crippen molar-refractivity contribution in [1.82, 2.24) is 9.38 Å². The molecule has 0 aliphatic carbocycles. The number of hydrogen-bond acceptors (Lipinski definition) is 4. The van der Waals surface area contributed by atoms with Crippen molar-refractivity contribution in [1.29, 1.82) is 0 Å². The third-order valence-corrected chi connectivity index (χ3v) is 2.18. The van der Waals surface area contributed by atoms with E-state index in [-0.39, 0.29) is 5.69 Å². The van der Waals surface area contributed by atoms with Gasteiger partial charge in [-0.05, 0) is 19.1 Å². The fourth-order valence-corrected chi connectivity index (χ4v) is 1.49. The molecule has 0 fully saturated rings. The lowest BCUT2D eigenvalue weighted by Gasteiger charge is -1.99. The predicted octanol–water partition coefficient (Wildman–Crippen LogP) is 1.08. The Labute approximate surface area is 97.2 Å². The minimum absolute atomic E-state index is 0.215. The predicted molar refractivity (Wildman–Crippen MR) is 60.8 cm³/mol. The average molecular weight is 233 g/mol. The number of carbonyl (C=O) groups excluding carboxylic acids is 2. The SMILES string of the molecule is CCOC(=O)c1cn2cccc(NC=O)c2n1. The first-order valence-electron chi connectivity index (χ1n) is 5.11. The van der Waals surface area contributed by atoms with Crippen LogP contribution in [0.1, 0.15) is 17.4 Å². The molecular formula is C11H11N3O3. The fourth-order valence-electron chi connectivity index (χ4n) is 1.49. The monoisotopic (exact) mass is 233 g/mol. The van der Waals surface area contributed by atoms with Gasteiger partial charge in [0, 0.05) is 12.4 Å². The highest BCUT2D eigenvalue weighted by molar-refractivity contribution is 5.89. The van der Waals surface area contributed by atoms with E-state index in [0.29, 0.717) is 24.4 Å². The maximum absolute atomic E-state index is 11.5. The molecule has 0 unspecified atom stereocenters. The van der Waals surface area contributed by atoms with Gasteiger partial charge in [-0.25, -0.2) is 9.78 Å². The molecule has 17 heavy (non-hydrogen) atoms. The first kappa shape index (κ1) is 11.1. The van der Waals surface area contributed by atoms with Crippen LogP contribution in [0.4, 0.5) is 5.69 Å². The van der Waals surface area contributed by atoms with E-state index in [1.165, 1.54) is 0 Å². The number of fused-ring (bicyclic) bond motifs is 1. The van der Waals surface area contributed by atoms with Gasteiger partial charge < -0.3 is 14.5 Å². The van der Waals surface area contributed by atoms with Crippen molar-refractivity contribution in [3.05, 3.63) is 30.2 Å². The van der Waals surface area contributed by atoms with E-state index < -0.39 is 5.97 Å². The molecular weight excluding hydrogens is 222 g/mol. The molecule has 0 aromatic carbocycles. The molecule has 0 saturated heterocycles. The molecule has 0 atom stereocenters. The van der Waals surface area contributed by atoms with Crippen molar-refractivity contribution in [2.75, 3.05) is 11.9 Å². The molecule has 2 rings (SSSR count). The van der Waals surface area contributed by atoms with Crippen LogP contribution in [0, 0.1) is 0 Å². The molecule has 1 N–H and O–H groups in total. The maximum Gasteiger partial charge on any atom is 0.358 e. The molecule has 6 nitrogen and oxygen atoms in total. The second-order valence-corrected chi connectivity index (χ2v) is 3.26. The molecule has 2 aromatic rings. The fraction of sp³-hybridized carbons (Fsp3) is 0.182. The molecule has 88 valence electrons. The Hall–Kier alpha value is -2.37. The number of amides is 1. The van der Waals surface area contributed by atoms with Crippen LogP contribution in [0.5, 0.6) is 0 Å². The molecule has 1 amide bonds. The van der Waals surface area contributed by atoms with Crippen LogP contribution in [0.3, 0.4) is 0 Å². The number of pyridine rings is 1. The van der Waals surface area contributed by atoms with E-state index >= 15 is 0 Å². The summed E-state index contributed by atoms with van der Waals surface area (Å²) in [7, 11) is 0. The first-order chi connectivity index (χ1) is 8.26. The minimum Gasteiger partial charge on any atom is -0.461 e. The number of hydrogen-bond donors (Lipinski definition) is 1. The largest absolute Gasteiger partial charge is 0.461 e. The Kier molecular flexibility index (Phi) is 3.04. The second kappa shape index (κ2) is 4.65. The number of rotatable bonds is 4. The van der Waals surface area contributed by atoms with Gasteiger partial charge in [0.05, 0.1) is 12.3 Å². The smallest absolute Gasteiger partial charge is 0.358 e. The van der Waals surface area contributed by atoms with Gasteiger partial charge >= 0.3 is 5.97 Å². The first-order valence-corrected chi connectivity index (χ1v) is 5.11. The highest BCUT2D eigenvalue weighted by Crippen LogP contribution is 2.16. The van der Waals surface area contributed by atoms with E-state index in [1.807, 2.05) is 0 Å². The van der Waals surface area contributed by atoms with Gasteiger partial charge in [-0.1, -0.05) is 0 Å². The summed E-state index contributed by atoms with van der Waals surface area (Å²) < 4.78 is 6.50. The van der Waals surface area contributed by atoms with Crippen LogP contribution < -0.4 is 5.32 Å². The van der Waals surface area contributed by atoms with Crippen molar-refractivity contribution in [3.63, 3.8) is 0 Å². The zero-order valence-corrected chi connectivity index (χ0v) is 9.21. The van der Waals surface area contributed by atoms with Gasteiger partial charge in [0.25, 0.3) is 0 Å². The van der Waals surface area contributed by atoms with Crippen LogP contribution in [0.25, 0.3) is 5.65 Å². The zero-order valence-electron chi connectivity index (χ0n) is 9.21. The number of nitrogens with zero attached hydrogens (tertiary/aromatic N) is 2. The number of imidazole rings is 1. The Morgan fingerprint density at radius 3 is 3.18 bits per heavy atom. The van der Waals surface area contributed by atoms with Crippen LogP contribution in [0.2, 0.25) is 0 Å². The summed E-state index contributed by atoms with van der Waals surface area (Å²) >= 11 is 0. The maximum atomic E-state index is 11.5. The third kappa shape index (κ3) is 2.10. The molecule has 0 aliphatic heterocycles. The Morgan fingerprint density at radius 2 is 2.47 bits per heavy atom. The highest BCUT2D eigenvalue weighted by atomic mass is 16.5. The summed E-state index contributed by atoms with van der Waals surface area (Å²) in [6, 6.07) is 3.45. The van der Waals surface area contributed by atoms with Crippen LogP contribution in [-0.2, 0) is 9.53 Å². The second-order valence-electron chi connectivity index (χ2n) is 3.26. The van der Waals surface area contributed by atoms with E-state index in [1.54, 1.807) is 35.9 Å². The number of nitrogens with one attached hydrogen (secondary N) is 1. The standard InChI is InChI=1S/C11H11N3O3/c1-2-17-11(16)9-6-14-5-3-4-8(12-7-15)10(14)13-9/h3-7H,2H2,1H3,(H,12,15). The average Bonchev–Trinajstić information content (AvgIpc) is 2.75. The molecule has 0 spiro atoms. The van der Waals surface area contributed by atoms with Crippen molar-refractivity contribution < 1.29 is 14.3 Å². The van der Waals surface area contributed by atoms with E-state index in [0.717, 1.165) is 0 Å². The third-order valence-electron chi connectivity index (χ3n) is 2.18. The van der Waals surface area contributed by atoms with Crippen molar-refractivity contribution in [2.24, 2.45) is 0 Å². The van der Waals surface area contributed by atoms with E-state index in [9.17, 15) is 9.59 Å². The molecule has 6 heteroatoms. The molecule has 0 saturated carbocycles. The van der Waals surface area contributed by atoms with Crippen LogP contribution in [0.15, 0.2) is 24.5 Å². The molecule has 2 aromatic heterocycles. The van der Waals surface area contributed by atoms with Gasteiger partial charge in [0.1, 0.15) is 0 Å². The zero-order chi connectivity index (χ0) is 12.3. The number of anilines is 1. The Balaban J connectivity index is 2.45. The summed E-state index contributed by atoms with van der Waals surface area (Å²) in [6.45, 7) is 2.03. The Morgan fingerprint density at radius 1 is 1.65 bits per heavy atom. The van der Waals surface area contributed by atoms with E-state index in [4.69, 9.17) is 4.74 Å². The number of ether oxygens (including phenoxy) is 1. The van der Waals surface area contributed by atoms with Crippen LogP contribution >= 0.6 is 0 Å². The topological polar surface area (TPSA) is 72.7 Å². The van der Waals surface area contributed by atoms with E-state index in [2.05, 4.69) is 10.3 Å². The van der Waals surface area contributed by atoms with Gasteiger partial charge in [0.2, 0.25) is 6.41 Å². The van der Waals surface area contributed by atoms with Crippen LogP contribution in [-0.4, -0.2) is 28.4 Å². The van der Waals surface area contributed by atoms with Gasteiger partial charge in [-0.2, -0.15) is 0 Å². The van der Waals surface area contributed by atoms with Gasteiger partial charge in [-0.15, -0.1) is 0 Å². The van der Waals surface area contributed by atoms with Crippen molar-refractivity contribution in [2.45, 2.75) is 6.92 Å². The van der Waals surface area contributed by atoms with Gasteiger partial charge in [0.15, 0.2) is 11.3 Å². The number of carbonyl (C=O) groups is 2.